The molecule has 0 saturated carbocycles. The molecule has 2 nitrogen and oxygen atoms in total. The van der Waals surface area contributed by atoms with Gasteiger partial charge in [0.1, 0.15) is 0 Å². The summed E-state index contributed by atoms with van der Waals surface area (Å²) in [5, 5.41) is 0. The average molecular weight is 300 g/mol. The molecule has 0 aromatic heterocycles. The molecule has 0 N–H and O–H groups in total. The molecule has 3 rings (SSSR count). The second kappa shape index (κ2) is 7.14. The van der Waals surface area contributed by atoms with E-state index in [-0.39, 0.29) is 0 Å². The molecule has 0 unspecified atom stereocenters. The van der Waals surface area contributed by atoms with Crippen molar-refractivity contribution in [3.8, 4) is 0 Å². The van der Waals surface area contributed by atoms with Crippen LogP contribution in [0.5, 0.6) is 0 Å². The quantitative estimate of drug-likeness (QED) is 0.834. The fourth-order valence-corrected chi connectivity index (χ4v) is 4.52. The van der Waals surface area contributed by atoms with Gasteiger partial charge in [0.2, 0.25) is 0 Å². The second-order valence-corrected chi connectivity index (χ2v) is 7.90. The Morgan fingerprint density at radius 3 is 2.36 bits per heavy atom. The smallest absolute Gasteiger partial charge is 0.0233 e. The Bertz CT molecular complexity index is 466. The second-order valence-electron chi connectivity index (χ2n) is 7.90. The number of hydrogen-bond acceptors (Lipinski definition) is 2. The van der Waals surface area contributed by atoms with E-state index in [4.69, 9.17) is 0 Å². The van der Waals surface area contributed by atoms with Gasteiger partial charge < -0.3 is 0 Å². The molecule has 0 spiro atoms. The first kappa shape index (κ1) is 16.0. The lowest BCUT2D eigenvalue weighted by atomic mass is 9.89. The molecule has 2 heterocycles. The normalized spacial score (nSPS) is 28.9. The number of piperidine rings is 2. The van der Waals surface area contributed by atoms with Crippen molar-refractivity contribution in [1.82, 2.24) is 9.80 Å². The van der Waals surface area contributed by atoms with Crippen molar-refractivity contribution in [2.45, 2.75) is 52.6 Å². The molecule has 2 fully saturated rings. The van der Waals surface area contributed by atoms with E-state index >= 15 is 0 Å². The van der Waals surface area contributed by atoms with E-state index in [1.165, 1.54) is 56.6 Å². The number of aryl methyl sites for hydroxylation is 1. The topological polar surface area (TPSA) is 6.48 Å². The summed E-state index contributed by atoms with van der Waals surface area (Å²) < 4.78 is 0. The van der Waals surface area contributed by atoms with E-state index < -0.39 is 0 Å². The van der Waals surface area contributed by atoms with E-state index in [1.807, 2.05) is 0 Å². The minimum absolute atomic E-state index is 0.832. The molecule has 0 aliphatic carbocycles. The van der Waals surface area contributed by atoms with Crippen molar-refractivity contribution in [3.05, 3.63) is 35.4 Å². The molecule has 2 heteroatoms. The van der Waals surface area contributed by atoms with Crippen LogP contribution in [-0.2, 0) is 6.54 Å². The van der Waals surface area contributed by atoms with Crippen molar-refractivity contribution < 1.29 is 0 Å². The lowest BCUT2D eigenvalue weighted by Gasteiger charge is -2.43. The van der Waals surface area contributed by atoms with E-state index in [9.17, 15) is 0 Å². The van der Waals surface area contributed by atoms with Gasteiger partial charge in [-0.1, -0.05) is 43.7 Å². The Morgan fingerprint density at radius 1 is 1.05 bits per heavy atom. The summed E-state index contributed by atoms with van der Waals surface area (Å²) in [5.41, 5.74) is 2.85. The van der Waals surface area contributed by atoms with Crippen molar-refractivity contribution in [2.24, 2.45) is 11.8 Å². The van der Waals surface area contributed by atoms with Gasteiger partial charge in [-0.3, -0.25) is 9.80 Å². The van der Waals surface area contributed by atoms with E-state index in [0.29, 0.717) is 0 Å². The molecule has 0 bridgehead atoms. The summed E-state index contributed by atoms with van der Waals surface area (Å²) in [4.78, 5) is 5.44. The summed E-state index contributed by atoms with van der Waals surface area (Å²) in [7, 11) is 0. The Balaban J connectivity index is 1.50. The zero-order chi connectivity index (χ0) is 15.5. The fraction of sp³-hybridized carbons (Fsp3) is 0.700. The fourth-order valence-electron chi connectivity index (χ4n) is 4.52. The molecule has 122 valence electrons. The lowest BCUT2D eigenvalue weighted by Crippen LogP contribution is -2.49. The van der Waals surface area contributed by atoms with Gasteiger partial charge in [-0.15, -0.1) is 0 Å². The molecule has 22 heavy (non-hydrogen) atoms. The predicted octanol–water partition coefficient (Wildman–Crippen LogP) is 3.94. The number of likely N-dealkylation sites (tertiary alicyclic amines) is 2. The standard InChI is InChI=1S/C20H32N2/c1-16-5-4-6-19(12-16)15-21-9-7-20(8-10-21)22-13-17(2)11-18(3)14-22/h4-6,12,17-18,20H,7-11,13-15H2,1-3H3/t17-,18-/m0/s1. The van der Waals surface area contributed by atoms with Gasteiger partial charge >= 0.3 is 0 Å². The number of rotatable bonds is 3. The van der Waals surface area contributed by atoms with Gasteiger partial charge in [-0.05, 0) is 56.7 Å². The van der Waals surface area contributed by atoms with Crippen molar-refractivity contribution in [1.29, 1.82) is 0 Å². The van der Waals surface area contributed by atoms with Crippen LogP contribution in [0.4, 0.5) is 0 Å². The highest BCUT2D eigenvalue weighted by atomic mass is 15.2. The predicted molar refractivity (Wildman–Crippen MR) is 94.0 cm³/mol. The van der Waals surface area contributed by atoms with Crippen LogP contribution in [0.25, 0.3) is 0 Å². The molecule has 1 aromatic rings. The van der Waals surface area contributed by atoms with Gasteiger partial charge in [0.25, 0.3) is 0 Å². The van der Waals surface area contributed by atoms with Crippen LogP contribution in [0.2, 0.25) is 0 Å². The summed E-state index contributed by atoms with van der Waals surface area (Å²) in [6.07, 6.45) is 4.12. The SMILES string of the molecule is Cc1cccc(CN2CCC(N3C[C@@H](C)C[C@H](C)C3)CC2)c1. The average Bonchev–Trinajstić information content (AvgIpc) is 2.47. The third-order valence-corrected chi connectivity index (χ3v) is 5.46. The highest BCUT2D eigenvalue weighted by Crippen LogP contribution is 2.27. The first-order chi connectivity index (χ1) is 10.6. The van der Waals surface area contributed by atoms with Crippen LogP contribution in [0.15, 0.2) is 24.3 Å². The van der Waals surface area contributed by atoms with Crippen LogP contribution >= 0.6 is 0 Å². The van der Waals surface area contributed by atoms with Gasteiger partial charge in [0.15, 0.2) is 0 Å². The van der Waals surface area contributed by atoms with E-state index in [2.05, 4.69) is 54.8 Å². The molecule has 2 aliphatic rings. The summed E-state index contributed by atoms with van der Waals surface area (Å²) >= 11 is 0. The Labute approximate surface area is 136 Å². The van der Waals surface area contributed by atoms with Gasteiger partial charge in [0.05, 0.1) is 0 Å². The molecule has 2 saturated heterocycles. The summed E-state index contributed by atoms with van der Waals surface area (Å²) in [6.45, 7) is 13.3. The maximum atomic E-state index is 2.79. The molecule has 2 aliphatic heterocycles. The largest absolute Gasteiger partial charge is 0.300 e. The highest BCUT2D eigenvalue weighted by Gasteiger charge is 2.29. The Hall–Kier alpha value is -0.860. The first-order valence-corrected chi connectivity index (χ1v) is 9.12. The Kier molecular flexibility index (Phi) is 5.20. The van der Waals surface area contributed by atoms with Crippen molar-refractivity contribution in [3.63, 3.8) is 0 Å². The molecule has 0 radical (unpaired) electrons. The van der Waals surface area contributed by atoms with Gasteiger partial charge in [-0.2, -0.15) is 0 Å². The van der Waals surface area contributed by atoms with Crippen LogP contribution in [0, 0.1) is 18.8 Å². The van der Waals surface area contributed by atoms with E-state index in [1.54, 1.807) is 0 Å². The van der Waals surface area contributed by atoms with Crippen LogP contribution in [0.3, 0.4) is 0 Å². The van der Waals surface area contributed by atoms with Gasteiger partial charge in [0, 0.05) is 25.7 Å². The third kappa shape index (κ3) is 4.11. The van der Waals surface area contributed by atoms with Crippen LogP contribution < -0.4 is 0 Å². The monoisotopic (exact) mass is 300 g/mol. The molecule has 2 atom stereocenters. The lowest BCUT2D eigenvalue weighted by molar-refractivity contribution is 0.0530. The maximum absolute atomic E-state index is 2.79. The maximum Gasteiger partial charge on any atom is 0.0233 e. The number of nitrogens with zero attached hydrogens (tertiary/aromatic N) is 2. The highest BCUT2D eigenvalue weighted by molar-refractivity contribution is 5.22. The van der Waals surface area contributed by atoms with Crippen LogP contribution in [0.1, 0.15) is 44.2 Å². The first-order valence-electron chi connectivity index (χ1n) is 9.12. The summed E-state index contributed by atoms with van der Waals surface area (Å²) in [5.74, 6) is 1.77. The Morgan fingerprint density at radius 2 is 1.73 bits per heavy atom. The molecular formula is C20H32N2. The minimum Gasteiger partial charge on any atom is -0.300 e. The number of benzene rings is 1. The zero-order valence-electron chi connectivity index (χ0n) is 14.6. The van der Waals surface area contributed by atoms with Crippen molar-refractivity contribution in [2.75, 3.05) is 26.2 Å². The minimum atomic E-state index is 0.832. The third-order valence-electron chi connectivity index (χ3n) is 5.46. The van der Waals surface area contributed by atoms with E-state index in [0.717, 1.165) is 24.4 Å². The number of hydrogen-bond donors (Lipinski definition) is 0. The van der Waals surface area contributed by atoms with Gasteiger partial charge in [-0.25, -0.2) is 0 Å². The molecule has 0 amide bonds. The molecule has 1 aromatic carbocycles. The van der Waals surface area contributed by atoms with Crippen LogP contribution in [-0.4, -0.2) is 42.0 Å². The zero-order valence-corrected chi connectivity index (χ0v) is 14.6. The van der Waals surface area contributed by atoms with Crippen molar-refractivity contribution >= 4 is 0 Å². The molecular weight excluding hydrogens is 268 g/mol. The summed E-state index contributed by atoms with van der Waals surface area (Å²) in [6, 6.07) is 9.81.